The summed E-state index contributed by atoms with van der Waals surface area (Å²) in [5.74, 6) is 0.830. The third-order valence-electron chi connectivity index (χ3n) is 5.83. The van der Waals surface area contributed by atoms with E-state index >= 15 is 0 Å². The van der Waals surface area contributed by atoms with Gasteiger partial charge in [0.25, 0.3) is 5.56 Å². The van der Waals surface area contributed by atoms with Gasteiger partial charge in [0.05, 0.1) is 36.1 Å². The third kappa shape index (κ3) is 5.06. The molecule has 2 aromatic carbocycles. The van der Waals surface area contributed by atoms with Crippen molar-refractivity contribution in [1.82, 2.24) is 4.57 Å². The molecule has 1 aliphatic rings. The molecule has 9 nitrogen and oxygen atoms in total. The summed E-state index contributed by atoms with van der Waals surface area (Å²) in [5, 5.41) is 8.92. The third-order valence-corrected chi connectivity index (χ3v) is 6.81. The van der Waals surface area contributed by atoms with Gasteiger partial charge in [-0.1, -0.05) is 41.7 Å². The molecule has 0 aliphatic carbocycles. The maximum Gasteiger partial charge on any atom is 0.338 e. The molecule has 1 aliphatic heterocycles. The molecule has 3 aromatic rings. The first-order chi connectivity index (χ1) is 18.4. The van der Waals surface area contributed by atoms with E-state index in [0.717, 1.165) is 0 Å². The summed E-state index contributed by atoms with van der Waals surface area (Å²) >= 11 is 1.20. The number of carbonyl (C=O) groups excluding carboxylic acids is 1. The van der Waals surface area contributed by atoms with Crippen LogP contribution in [0.15, 0.2) is 63.5 Å². The van der Waals surface area contributed by atoms with Crippen LogP contribution in [0.3, 0.4) is 0 Å². The molecule has 0 saturated heterocycles. The molecule has 196 valence electrons. The Bertz CT molecular complexity index is 1610. The minimum Gasteiger partial charge on any atom is -0.493 e. The average Bonchev–Trinajstić information content (AvgIpc) is 3.22. The Morgan fingerprint density at radius 1 is 1.13 bits per heavy atom. The number of aromatic nitrogens is 1. The van der Waals surface area contributed by atoms with Crippen LogP contribution in [0.2, 0.25) is 0 Å². The van der Waals surface area contributed by atoms with Crippen molar-refractivity contribution in [1.29, 1.82) is 5.26 Å². The molecule has 0 spiro atoms. The van der Waals surface area contributed by atoms with Gasteiger partial charge in [0, 0.05) is 11.1 Å². The molecule has 1 aromatic heterocycles. The zero-order valence-corrected chi connectivity index (χ0v) is 22.3. The number of esters is 1. The van der Waals surface area contributed by atoms with E-state index in [-0.39, 0.29) is 24.3 Å². The zero-order chi connectivity index (χ0) is 27.2. The number of para-hydroxylation sites is 2. The Morgan fingerprint density at radius 3 is 2.61 bits per heavy atom. The van der Waals surface area contributed by atoms with Crippen LogP contribution in [-0.4, -0.2) is 37.5 Å². The Labute approximate surface area is 223 Å². The SMILES string of the molecule is CCOC(=O)C1=C(C)N=c2s/c(=C/c3ccccc3OCC#N)c(=O)n2C1c1cccc(OC)c1OCC. The van der Waals surface area contributed by atoms with Gasteiger partial charge < -0.3 is 18.9 Å². The van der Waals surface area contributed by atoms with Crippen molar-refractivity contribution in [3.8, 4) is 23.3 Å². The van der Waals surface area contributed by atoms with Crippen LogP contribution in [0.4, 0.5) is 0 Å². The van der Waals surface area contributed by atoms with Crippen LogP contribution < -0.4 is 29.1 Å². The molecule has 0 N–H and O–H groups in total. The highest BCUT2D eigenvalue weighted by Crippen LogP contribution is 2.40. The van der Waals surface area contributed by atoms with Gasteiger partial charge in [0.2, 0.25) is 0 Å². The average molecular weight is 534 g/mol. The van der Waals surface area contributed by atoms with Crippen LogP contribution in [0.5, 0.6) is 17.2 Å². The highest BCUT2D eigenvalue weighted by atomic mass is 32.1. The Morgan fingerprint density at radius 2 is 1.89 bits per heavy atom. The summed E-state index contributed by atoms with van der Waals surface area (Å²) in [7, 11) is 1.53. The van der Waals surface area contributed by atoms with Gasteiger partial charge in [-0.05, 0) is 39.0 Å². The molecule has 38 heavy (non-hydrogen) atoms. The number of thiazole rings is 1. The summed E-state index contributed by atoms with van der Waals surface area (Å²) < 4.78 is 24.3. The van der Waals surface area contributed by atoms with Gasteiger partial charge in [-0.25, -0.2) is 9.79 Å². The lowest BCUT2D eigenvalue weighted by Crippen LogP contribution is -2.40. The van der Waals surface area contributed by atoms with Crippen LogP contribution in [0.1, 0.15) is 37.9 Å². The number of nitrogens with zero attached hydrogens (tertiary/aromatic N) is 3. The van der Waals surface area contributed by atoms with Gasteiger partial charge in [-0.15, -0.1) is 0 Å². The van der Waals surface area contributed by atoms with Crippen LogP contribution >= 0.6 is 11.3 Å². The lowest BCUT2D eigenvalue weighted by molar-refractivity contribution is -0.139. The van der Waals surface area contributed by atoms with Crippen molar-refractivity contribution in [2.24, 2.45) is 4.99 Å². The molecule has 10 heteroatoms. The van der Waals surface area contributed by atoms with E-state index in [9.17, 15) is 9.59 Å². The van der Waals surface area contributed by atoms with E-state index in [2.05, 4.69) is 4.99 Å². The monoisotopic (exact) mass is 533 g/mol. The second-order valence-corrected chi connectivity index (χ2v) is 9.11. The highest BCUT2D eigenvalue weighted by Gasteiger charge is 2.36. The van der Waals surface area contributed by atoms with Crippen molar-refractivity contribution in [3.63, 3.8) is 0 Å². The number of allylic oxidation sites excluding steroid dienone is 1. The fraction of sp³-hybridized carbons (Fsp3) is 0.286. The molecule has 0 bridgehead atoms. The fourth-order valence-corrected chi connectivity index (χ4v) is 5.31. The van der Waals surface area contributed by atoms with E-state index in [1.807, 2.05) is 19.1 Å². The number of hydrogen-bond acceptors (Lipinski definition) is 9. The predicted molar refractivity (Wildman–Crippen MR) is 142 cm³/mol. The van der Waals surface area contributed by atoms with Gasteiger partial charge >= 0.3 is 5.97 Å². The molecule has 0 amide bonds. The first-order valence-corrected chi connectivity index (χ1v) is 12.8. The first kappa shape index (κ1) is 26.7. The lowest BCUT2D eigenvalue weighted by Gasteiger charge is -2.26. The number of benzene rings is 2. The van der Waals surface area contributed by atoms with E-state index in [1.165, 1.54) is 23.0 Å². The van der Waals surface area contributed by atoms with Crippen molar-refractivity contribution >= 4 is 23.4 Å². The maximum absolute atomic E-state index is 13.9. The van der Waals surface area contributed by atoms with Crippen LogP contribution in [0, 0.1) is 11.3 Å². The van der Waals surface area contributed by atoms with Crippen molar-refractivity contribution in [2.75, 3.05) is 26.9 Å². The first-order valence-electron chi connectivity index (χ1n) is 12.0. The quantitative estimate of drug-likeness (QED) is 0.389. The summed E-state index contributed by atoms with van der Waals surface area (Å²) in [4.78, 5) is 32.2. The number of hydrogen-bond donors (Lipinski definition) is 0. The number of ether oxygens (including phenoxy) is 4. The van der Waals surface area contributed by atoms with E-state index in [1.54, 1.807) is 56.3 Å². The maximum atomic E-state index is 13.9. The normalized spacial score (nSPS) is 14.8. The minimum atomic E-state index is -0.853. The second-order valence-electron chi connectivity index (χ2n) is 8.10. The summed E-state index contributed by atoms with van der Waals surface area (Å²) in [6, 6.07) is 13.6. The highest BCUT2D eigenvalue weighted by molar-refractivity contribution is 7.07. The molecule has 0 fully saturated rings. The summed E-state index contributed by atoms with van der Waals surface area (Å²) in [6.45, 7) is 5.70. The Balaban J connectivity index is 2.00. The lowest BCUT2D eigenvalue weighted by atomic mass is 9.94. The topological polar surface area (TPSA) is 112 Å². The smallest absolute Gasteiger partial charge is 0.338 e. The largest absolute Gasteiger partial charge is 0.493 e. The molecule has 2 heterocycles. The molecule has 0 radical (unpaired) electrons. The second kappa shape index (κ2) is 11.8. The van der Waals surface area contributed by atoms with Crippen molar-refractivity contribution < 1.29 is 23.7 Å². The predicted octanol–water partition coefficient (Wildman–Crippen LogP) is 3.11. The van der Waals surface area contributed by atoms with Crippen molar-refractivity contribution in [2.45, 2.75) is 26.8 Å². The van der Waals surface area contributed by atoms with E-state index in [0.29, 0.717) is 50.0 Å². The van der Waals surface area contributed by atoms with E-state index in [4.69, 9.17) is 24.2 Å². The summed E-state index contributed by atoms with van der Waals surface area (Å²) in [5.41, 5.74) is 1.58. The number of rotatable bonds is 9. The zero-order valence-electron chi connectivity index (χ0n) is 21.5. The molecule has 1 atom stereocenters. The molecule has 4 rings (SSSR count). The number of nitriles is 1. The fourth-order valence-electron chi connectivity index (χ4n) is 4.28. The van der Waals surface area contributed by atoms with Gasteiger partial charge in [-0.3, -0.25) is 9.36 Å². The van der Waals surface area contributed by atoms with Crippen LogP contribution in [-0.2, 0) is 9.53 Å². The van der Waals surface area contributed by atoms with Gasteiger partial charge in [-0.2, -0.15) is 5.26 Å². The van der Waals surface area contributed by atoms with Crippen LogP contribution in [0.25, 0.3) is 6.08 Å². The Hall–Kier alpha value is -4.36. The minimum absolute atomic E-state index is 0.121. The standard InChI is InChI=1S/C28H27N3O6S/c1-5-35-25-19(11-9-13-21(25)34-4)24-23(27(33)36-6-2)17(3)30-28-31(24)26(32)22(38-28)16-18-10-7-8-12-20(18)37-15-14-29/h7-13,16,24H,5-6,15H2,1-4H3/b22-16+. The van der Waals surface area contributed by atoms with Gasteiger partial charge in [0.1, 0.15) is 17.9 Å². The Kier molecular flexibility index (Phi) is 8.28. The molecular formula is C28H27N3O6S. The number of methoxy groups -OCH3 is 1. The summed E-state index contributed by atoms with van der Waals surface area (Å²) in [6.07, 6.45) is 1.70. The van der Waals surface area contributed by atoms with Crippen molar-refractivity contribution in [3.05, 3.63) is 84.5 Å². The number of fused-ring (bicyclic) bond motifs is 1. The van der Waals surface area contributed by atoms with E-state index < -0.39 is 12.0 Å². The number of carbonyl (C=O) groups is 1. The van der Waals surface area contributed by atoms with Gasteiger partial charge in [0.15, 0.2) is 22.9 Å². The molecule has 0 saturated carbocycles. The molecular weight excluding hydrogens is 506 g/mol. The molecule has 1 unspecified atom stereocenters.